The Morgan fingerprint density at radius 2 is 2.47 bits per heavy atom. The smallest absolute Gasteiger partial charge is 0.320 e. The first-order valence-electron chi connectivity index (χ1n) is 6.19. The van der Waals surface area contributed by atoms with E-state index in [4.69, 9.17) is 5.11 Å². The lowest BCUT2D eigenvalue weighted by molar-refractivity contribution is -0.140. The Morgan fingerprint density at radius 3 is 3.12 bits per heavy atom. The molecule has 0 radical (unpaired) electrons. The lowest BCUT2D eigenvalue weighted by Crippen LogP contribution is -2.47. The third-order valence-corrected chi connectivity index (χ3v) is 3.27. The number of aryl methyl sites for hydroxylation is 1. The van der Waals surface area contributed by atoms with Crippen LogP contribution in [0.15, 0.2) is 12.4 Å². The van der Waals surface area contributed by atoms with Gasteiger partial charge in [0, 0.05) is 18.8 Å². The zero-order valence-electron chi connectivity index (χ0n) is 10.1. The maximum atomic E-state index is 10.9. The van der Waals surface area contributed by atoms with Crippen LogP contribution in [0.5, 0.6) is 0 Å². The molecular weight excluding hydrogens is 218 g/mol. The fraction of sp³-hybridized carbons (Fsp3) is 0.667. The summed E-state index contributed by atoms with van der Waals surface area (Å²) in [6.07, 6.45) is 7.53. The molecule has 17 heavy (non-hydrogen) atoms. The molecule has 5 heteroatoms. The van der Waals surface area contributed by atoms with Crippen LogP contribution in [0.4, 0.5) is 0 Å². The molecule has 1 aliphatic heterocycles. The highest BCUT2D eigenvalue weighted by atomic mass is 16.4. The van der Waals surface area contributed by atoms with Crippen molar-refractivity contribution in [1.82, 2.24) is 15.1 Å². The molecule has 0 aromatic carbocycles. The summed E-state index contributed by atoms with van der Waals surface area (Å²) in [5.41, 5.74) is 1.18. The van der Waals surface area contributed by atoms with E-state index in [0.717, 1.165) is 32.2 Å². The second-order valence-electron chi connectivity index (χ2n) is 4.59. The van der Waals surface area contributed by atoms with Crippen molar-refractivity contribution in [3.63, 3.8) is 0 Å². The predicted octanol–water partition coefficient (Wildman–Crippen LogP) is 1.04. The third kappa shape index (κ3) is 3.06. The summed E-state index contributed by atoms with van der Waals surface area (Å²) in [5.74, 6) is -0.737. The first kappa shape index (κ1) is 12.1. The number of aliphatic carboxylic acids is 1. The zero-order chi connectivity index (χ0) is 12.3. The van der Waals surface area contributed by atoms with Gasteiger partial charge in [-0.1, -0.05) is 0 Å². The lowest BCUT2D eigenvalue weighted by atomic mass is 9.95. The van der Waals surface area contributed by atoms with Gasteiger partial charge in [-0.15, -0.1) is 0 Å². The molecule has 1 saturated heterocycles. The Kier molecular flexibility index (Phi) is 3.78. The Hall–Kier alpha value is -1.36. The van der Waals surface area contributed by atoms with Gasteiger partial charge in [0.1, 0.15) is 6.04 Å². The molecule has 0 bridgehead atoms. The van der Waals surface area contributed by atoms with Crippen molar-refractivity contribution in [2.75, 3.05) is 0 Å². The Bertz CT molecular complexity index is 389. The van der Waals surface area contributed by atoms with E-state index in [1.54, 1.807) is 0 Å². The number of carboxylic acid groups (broad SMARTS) is 1. The Labute approximate surface area is 101 Å². The van der Waals surface area contributed by atoms with Crippen molar-refractivity contribution in [1.29, 1.82) is 0 Å². The van der Waals surface area contributed by atoms with Crippen LogP contribution >= 0.6 is 0 Å². The second-order valence-corrected chi connectivity index (χ2v) is 4.59. The van der Waals surface area contributed by atoms with E-state index in [9.17, 15) is 4.79 Å². The highest BCUT2D eigenvalue weighted by Gasteiger charge is 2.26. The highest BCUT2D eigenvalue weighted by molar-refractivity contribution is 5.73. The fourth-order valence-electron chi connectivity index (χ4n) is 2.34. The second kappa shape index (κ2) is 5.31. The zero-order valence-corrected chi connectivity index (χ0v) is 10.1. The quantitative estimate of drug-likeness (QED) is 0.821. The van der Waals surface area contributed by atoms with E-state index in [0.29, 0.717) is 0 Å². The number of aromatic nitrogens is 2. The molecule has 1 aromatic rings. The number of piperidine rings is 1. The molecule has 0 amide bonds. The number of carbonyl (C=O) groups is 1. The van der Waals surface area contributed by atoms with Gasteiger partial charge in [-0.05, 0) is 38.2 Å². The summed E-state index contributed by atoms with van der Waals surface area (Å²) in [6, 6.07) is -0.116. The average Bonchev–Trinajstić information content (AvgIpc) is 2.77. The van der Waals surface area contributed by atoms with E-state index in [1.807, 2.05) is 17.1 Å². The average molecular weight is 237 g/mol. The van der Waals surface area contributed by atoms with Gasteiger partial charge >= 0.3 is 5.97 Å². The Balaban J connectivity index is 1.92. The van der Waals surface area contributed by atoms with Gasteiger partial charge in [-0.3, -0.25) is 9.48 Å². The van der Waals surface area contributed by atoms with Gasteiger partial charge in [-0.25, -0.2) is 0 Å². The van der Waals surface area contributed by atoms with Gasteiger partial charge in [-0.2, -0.15) is 5.10 Å². The summed E-state index contributed by atoms with van der Waals surface area (Å²) < 4.78 is 1.90. The molecule has 0 saturated carbocycles. The minimum Gasteiger partial charge on any atom is -0.480 e. The van der Waals surface area contributed by atoms with E-state index < -0.39 is 5.97 Å². The first-order valence-corrected chi connectivity index (χ1v) is 6.19. The number of carboxylic acids is 1. The maximum Gasteiger partial charge on any atom is 0.320 e. The first-order chi connectivity index (χ1) is 8.19. The molecule has 0 spiro atoms. The molecule has 94 valence electrons. The van der Waals surface area contributed by atoms with Crippen LogP contribution in [0.3, 0.4) is 0 Å². The van der Waals surface area contributed by atoms with Crippen molar-refractivity contribution < 1.29 is 9.90 Å². The van der Waals surface area contributed by atoms with Crippen LogP contribution < -0.4 is 5.32 Å². The Morgan fingerprint density at radius 1 is 1.65 bits per heavy atom. The van der Waals surface area contributed by atoms with Crippen LogP contribution in [0.2, 0.25) is 0 Å². The standard InChI is InChI=1S/C12H19N3O2/c1-2-15-8-9(7-13-15)6-10-4-3-5-11(14-10)12(16)17/h7-8,10-11,14H,2-6H2,1H3,(H,16,17). The minimum atomic E-state index is -0.737. The van der Waals surface area contributed by atoms with Crippen LogP contribution in [0.25, 0.3) is 0 Å². The SMILES string of the molecule is CCn1cc(CC2CCCC(C(=O)O)N2)cn1. The molecule has 2 unspecified atom stereocenters. The van der Waals surface area contributed by atoms with E-state index in [-0.39, 0.29) is 12.1 Å². The predicted molar refractivity (Wildman–Crippen MR) is 63.8 cm³/mol. The van der Waals surface area contributed by atoms with E-state index >= 15 is 0 Å². The largest absolute Gasteiger partial charge is 0.480 e. The minimum absolute atomic E-state index is 0.263. The maximum absolute atomic E-state index is 10.9. The van der Waals surface area contributed by atoms with Crippen LogP contribution in [0, 0.1) is 0 Å². The number of hydrogen-bond donors (Lipinski definition) is 2. The van der Waals surface area contributed by atoms with Gasteiger partial charge < -0.3 is 10.4 Å². The van der Waals surface area contributed by atoms with Crippen molar-refractivity contribution in [2.45, 2.75) is 51.2 Å². The van der Waals surface area contributed by atoms with Crippen LogP contribution in [0.1, 0.15) is 31.7 Å². The molecule has 5 nitrogen and oxygen atoms in total. The summed E-state index contributed by atoms with van der Waals surface area (Å²) in [4.78, 5) is 10.9. The molecule has 2 N–H and O–H groups in total. The molecule has 0 aliphatic carbocycles. The highest BCUT2D eigenvalue weighted by Crippen LogP contribution is 2.16. The van der Waals surface area contributed by atoms with Gasteiger partial charge in [0.05, 0.1) is 6.20 Å². The third-order valence-electron chi connectivity index (χ3n) is 3.27. The van der Waals surface area contributed by atoms with Crippen molar-refractivity contribution >= 4 is 5.97 Å². The summed E-state index contributed by atoms with van der Waals surface area (Å²) in [7, 11) is 0. The number of rotatable bonds is 4. The molecular formula is C12H19N3O2. The summed E-state index contributed by atoms with van der Waals surface area (Å²) in [6.45, 7) is 2.92. The molecule has 1 aromatic heterocycles. The van der Waals surface area contributed by atoms with E-state index in [2.05, 4.69) is 17.3 Å². The molecule has 1 aliphatic rings. The van der Waals surface area contributed by atoms with Gasteiger partial charge in [0.15, 0.2) is 0 Å². The van der Waals surface area contributed by atoms with Crippen LogP contribution in [-0.2, 0) is 17.8 Å². The van der Waals surface area contributed by atoms with Crippen molar-refractivity contribution in [3.8, 4) is 0 Å². The topological polar surface area (TPSA) is 67.2 Å². The summed E-state index contributed by atoms with van der Waals surface area (Å²) in [5, 5.41) is 16.4. The molecule has 1 fully saturated rings. The lowest BCUT2D eigenvalue weighted by Gasteiger charge is -2.28. The summed E-state index contributed by atoms with van der Waals surface area (Å²) >= 11 is 0. The van der Waals surface area contributed by atoms with Crippen molar-refractivity contribution in [3.05, 3.63) is 18.0 Å². The normalized spacial score (nSPS) is 24.8. The molecule has 2 rings (SSSR count). The van der Waals surface area contributed by atoms with Crippen LogP contribution in [-0.4, -0.2) is 32.9 Å². The van der Waals surface area contributed by atoms with Crippen molar-refractivity contribution in [2.24, 2.45) is 0 Å². The van der Waals surface area contributed by atoms with Gasteiger partial charge in [0.25, 0.3) is 0 Å². The molecule has 2 atom stereocenters. The number of nitrogens with zero attached hydrogens (tertiary/aromatic N) is 2. The van der Waals surface area contributed by atoms with E-state index in [1.165, 1.54) is 5.56 Å². The number of hydrogen-bond acceptors (Lipinski definition) is 3. The fourth-order valence-corrected chi connectivity index (χ4v) is 2.34. The number of nitrogens with one attached hydrogen (secondary N) is 1. The van der Waals surface area contributed by atoms with Gasteiger partial charge in [0.2, 0.25) is 0 Å². The molecule has 2 heterocycles. The monoisotopic (exact) mass is 237 g/mol.